The summed E-state index contributed by atoms with van der Waals surface area (Å²) < 4.78 is 0. The fraction of sp³-hybridized carbons (Fsp3) is 0.714. The SMILES string of the molecule is O=C(c1cnccn1)N1CC(C(=O)N(C2CCCCC2)C2CCCCC2)C1. The molecule has 2 heterocycles. The summed E-state index contributed by atoms with van der Waals surface area (Å²) in [5.41, 5.74) is 0.361. The molecule has 0 N–H and O–H groups in total. The summed E-state index contributed by atoms with van der Waals surface area (Å²) in [7, 11) is 0. The Bertz CT molecular complexity index is 629. The number of nitrogens with zero attached hydrogens (tertiary/aromatic N) is 4. The van der Waals surface area contributed by atoms with Gasteiger partial charge >= 0.3 is 0 Å². The maximum atomic E-state index is 13.4. The van der Waals surface area contributed by atoms with Crippen molar-refractivity contribution in [2.24, 2.45) is 5.92 Å². The lowest BCUT2D eigenvalue weighted by atomic mass is 9.86. The highest BCUT2D eigenvalue weighted by Gasteiger charge is 2.42. The topological polar surface area (TPSA) is 66.4 Å². The van der Waals surface area contributed by atoms with Gasteiger partial charge in [0.2, 0.25) is 5.91 Å². The van der Waals surface area contributed by atoms with Gasteiger partial charge in [0.25, 0.3) is 5.91 Å². The van der Waals surface area contributed by atoms with Gasteiger partial charge < -0.3 is 9.80 Å². The summed E-state index contributed by atoms with van der Waals surface area (Å²) in [4.78, 5) is 37.9. The summed E-state index contributed by atoms with van der Waals surface area (Å²) in [6.45, 7) is 1.04. The molecule has 1 aromatic heterocycles. The molecule has 4 rings (SSSR count). The number of hydrogen-bond acceptors (Lipinski definition) is 4. The number of aromatic nitrogens is 2. The van der Waals surface area contributed by atoms with Crippen LogP contribution in [0, 0.1) is 5.92 Å². The Kier molecular flexibility index (Phi) is 5.69. The van der Waals surface area contributed by atoms with Gasteiger partial charge in [0.1, 0.15) is 5.69 Å². The smallest absolute Gasteiger partial charge is 0.274 e. The molecule has 1 saturated heterocycles. The van der Waals surface area contributed by atoms with Gasteiger partial charge in [-0.1, -0.05) is 38.5 Å². The van der Waals surface area contributed by atoms with Crippen LogP contribution in [-0.4, -0.2) is 56.8 Å². The molecule has 0 spiro atoms. The van der Waals surface area contributed by atoms with Crippen LogP contribution >= 0.6 is 0 Å². The van der Waals surface area contributed by atoms with E-state index < -0.39 is 0 Å². The van der Waals surface area contributed by atoms with Gasteiger partial charge in [-0.25, -0.2) is 4.98 Å². The normalized spacial score (nSPS) is 22.3. The number of rotatable bonds is 4. The van der Waals surface area contributed by atoms with Crippen LogP contribution < -0.4 is 0 Å². The van der Waals surface area contributed by atoms with E-state index >= 15 is 0 Å². The Morgan fingerprint density at radius 3 is 2.00 bits per heavy atom. The monoisotopic (exact) mass is 370 g/mol. The number of carbonyl (C=O) groups is 2. The van der Waals surface area contributed by atoms with Crippen LogP contribution in [-0.2, 0) is 4.79 Å². The minimum Gasteiger partial charge on any atom is -0.336 e. The van der Waals surface area contributed by atoms with Crippen molar-refractivity contribution in [3.63, 3.8) is 0 Å². The zero-order chi connectivity index (χ0) is 18.6. The van der Waals surface area contributed by atoms with Crippen LogP contribution in [0.1, 0.15) is 74.7 Å². The average Bonchev–Trinajstić information content (AvgIpc) is 2.69. The quantitative estimate of drug-likeness (QED) is 0.817. The Balaban J connectivity index is 1.40. The zero-order valence-electron chi connectivity index (χ0n) is 16.1. The van der Waals surface area contributed by atoms with Crippen LogP contribution in [0.4, 0.5) is 0 Å². The minimum absolute atomic E-state index is 0.0468. The molecule has 27 heavy (non-hydrogen) atoms. The van der Waals surface area contributed by atoms with E-state index in [0.717, 1.165) is 25.7 Å². The summed E-state index contributed by atoms with van der Waals surface area (Å²) in [6.07, 6.45) is 16.7. The highest BCUT2D eigenvalue weighted by molar-refractivity contribution is 5.94. The van der Waals surface area contributed by atoms with Crippen molar-refractivity contribution in [2.75, 3.05) is 13.1 Å². The fourth-order valence-corrected chi connectivity index (χ4v) is 4.96. The molecular formula is C21H30N4O2. The highest BCUT2D eigenvalue weighted by Crippen LogP contribution is 2.33. The Morgan fingerprint density at radius 1 is 0.889 bits per heavy atom. The molecule has 1 aliphatic heterocycles. The minimum atomic E-state index is -0.117. The number of hydrogen-bond donors (Lipinski definition) is 0. The molecule has 0 atom stereocenters. The van der Waals surface area contributed by atoms with Gasteiger partial charge in [0, 0.05) is 37.6 Å². The maximum absolute atomic E-state index is 13.4. The second kappa shape index (κ2) is 8.36. The molecule has 2 aliphatic carbocycles. The van der Waals surface area contributed by atoms with Crippen molar-refractivity contribution >= 4 is 11.8 Å². The van der Waals surface area contributed by atoms with E-state index in [1.54, 1.807) is 11.1 Å². The Morgan fingerprint density at radius 2 is 1.48 bits per heavy atom. The highest BCUT2D eigenvalue weighted by atomic mass is 16.2. The van der Waals surface area contributed by atoms with Crippen LogP contribution in [0.5, 0.6) is 0 Å². The average molecular weight is 370 g/mol. The third kappa shape index (κ3) is 3.99. The second-order valence-electron chi connectivity index (χ2n) is 8.33. The van der Waals surface area contributed by atoms with E-state index in [1.807, 2.05) is 0 Å². The number of carbonyl (C=O) groups excluding carboxylic acids is 2. The molecule has 0 bridgehead atoms. The Hall–Kier alpha value is -1.98. The van der Waals surface area contributed by atoms with Gasteiger partial charge in [-0.2, -0.15) is 0 Å². The van der Waals surface area contributed by atoms with Crippen LogP contribution in [0.3, 0.4) is 0 Å². The van der Waals surface area contributed by atoms with E-state index in [2.05, 4.69) is 14.9 Å². The maximum Gasteiger partial charge on any atom is 0.274 e. The molecule has 3 fully saturated rings. The van der Waals surface area contributed by atoms with Crippen molar-refractivity contribution in [1.82, 2.24) is 19.8 Å². The van der Waals surface area contributed by atoms with Gasteiger partial charge in [-0.3, -0.25) is 14.6 Å². The van der Waals surface area contributed by atoms with Gasteiger partial charge in [0.05, 0.1) is 12.1 Å². The molecule has 2 amide bonds. The summed E-state index contributed by atoms with van der Waals surface area (Å²) in [5, 5.41) is 0. The van der Waals surface area contributed by atoms with Crippen molar-refractivity contribution in [3.05, 3.63) is 24.3 Å². The van der Waals surface area contributed by atoms with Crippen molar-refractivity contribution in [3.8, 4) is 0 Å². The van der Waals surface area contributed by atoms with Gasteiger partial charge in [-0.05, 0) is 25.7 Å². The van der Waals surface area contributed by atoms with Crippen molar-refractivity contribution < 1.29 is 9.59 Å². The molecule has 1 aromatic rings. The predicted molar refractivity (Wildman–Crippen MR) is 102 cm³/mol. The predicted octanol–water partition coefficient (Wildman–Crippen LogP) is 3.04. The first-order valence-electron chi connectivity index (χ1n) is 10.6. The van der Waals surface area contributed by atoms with Gasteiger partial charge in [-0.15, -0.1) is 0 Å². The summed E-state index contributed by atoms with van der Waals surface area (Å²) in [5.74, 6) is 0.125. The lowest BCUT2D eigenvalue weighted by Crippen LogP contribution is -2.60. The molecule has 3 aliphatic rings. The summed E-state index contributed by atoms with van der Waals surface area (Å²) in [6, 6.07) is 0.832. The molecule has 0 radical (unpaired) electrons. The first kappa shape index (κ1) is 18.4. The third-order valence-electron chi connectivity index (χ3n) is 6.49. The molecule has 0 unspecified atom stereocenters. The molecule has 6 heteroatoms. The van der Waals surface area contributed by atoms with E-state index in [4.69, 9.17) is 0 Å². The van der Waals surface area contributed by atoms with Crippen molar-refractivity contribution in [2.45, 2.75) is 76.3 Å². The molecule has 146 valence electrons. The molecule has 6 nitrogen and oxygen atoms in total. The molecular weight excluding hydrogens is 340 g/mol. The Labute approximate surface area is 161 Å². The second-order valence-corrected chi connectivity index (χ2v) is 8.33. The lowest BCUT2D eigenvalue weighted by Gasteiger charge is -2.47. The lowest BCUT2D eigenvalue weighted by molar-refractivity contribution is -0.146. The number of likely N-dealkylation sites (tertiary alicyclic amines) is 1. The zero-order valence-corrected chi connectivity index (χ0v) is 16.1. The van der Waals surface area contributed by atoms with E-state index in [1.165, 1.54) is 50.9 Å². The standard InChI is InChI=1S/C21H30N4O2/c26-20(16-14-24(15-16)21(27)19-13-22-11-12-23-19)25(17-7-3-1-4-8-17)18-9-5-2-6-10-18/h11-13,16-18H,1-10,14-15H2. The third-order valence-corrected chi connectivity index (χ3v) is 6.49. The van der Waals surface area contributed by atoms with Crippen LogP contribution in [0.25, 0.3) is 0 Å². The van der Waals surface area contributed by atoms with Crippen molar-refractivity contribution in [1.29, 1.82) is 0 Å². The molecule has 2 saturated carbocycles. The first-order chi connectivity index (χ1) is 13.2. The molecule has 0 aromatic carbocycles. The van der Waals surface area contributed by atoms with E-state index in [0.29, 0.717) is 30.9 Å². The number of amides is 2. The van der Waals surface area contributed by atoms with Gasteiger partial charge in [0.15, 0.2) is 0 Å². The van der Waals surface area contributed by atoms with Crippen LogP contribution in [0.15, 0.2) is 18.6 Å². The van der Waals surface area contributed by atoms with E-state index in [9.17, 15) is 9.59 Å². The summed E-state index contributed by atoms with van der Waals surface area (Å²) >= 11 is 0. The fourth-order valence-electron chi connectivity index (χ4n) is 4.96. The van der Waals surface area contributed by atoms with Crippen LogP contribution in [0.2, 0.25) is 0 Å². The van der Waals surface area contributed by atoms with E-state index in [-0.39, 0.29) is 17.7 Å². The first-order valence-corrected chi connectivity index (χ1v) is 10.6. The largest absolute Gasteiger partial charge is 0.336 e.